The topological polar surface area (TPSA) is 72.1 Å². The van der Waals surface area contributed by atoms with Crippen LogP contribution in [0.2, 0.25) is 0 Å². The van der Waals surface area contributed by atoms with Crippen LogP contribution in [0, 0.1) is 5.92 Å². The van der Waals surface area contributed by atoms with Crippen LogP contribution < -0.4 is 10.6 Å². The maximum absolute atomic E-state index is 10.8. The highest BCUT2D eigenvalue weighted by atomic mass is 79.9. The molecular weight excluding hydrogens is 284 g/mol. The van der Waals surface area contributed by atoms with E-state index in [9.17, 15) is 4.79 Å². The Morgan fingerprint density at radius 2 is 2.00 bits per heavy atom. The predicted molar refractivity (Wildman–Crippen MR) is 68.5 cm³/mol. The third-order valence-electron chi connectivity index (χ3n) is 2.99. The van der Waals surface area contributed by atoms with E-state index in [1.807, 2.05) is 0 Å². The van der Waals surface area contributed by atoms with Gasteiger partial charge in [-0.15, -0.1) is 0 Å². The number of carbonyl (C=O) groups excluding carboxylic acids is 1. The lowest BCUT2D eigenvalue weighted by atomic mass is 9.93. The van der Waals surface area contributed by atoms with Crippen LogP contribution in [-0.4, -0.2) is 29.0 Å². The van der Waals surface area contributed by atoms with Crippen LogP contribution in [0.1, 0.15) is 19.3 Å². The van der Waals surface area contributed by atoms with Gasteiger partial charge >= 0.3 is 0 Å². The summed E-state index contributed by atoms with van der Waals surface area (Å²) in [6, 6.07) is 0. The molecule has 2 N–H and O–H groups in total. The van der Waals surface area contributed by atoms with Gasteiger partial charge in [-0.3, -0.25) is 4.79 Å². The standard InChI is InChI=1S/C11H15BrN4O/c12-9-6-14-11(15-7-9)16-3-1-8(2-4-16)5-10(13)17/h6-8H,1-5H2,(H2,13,17). The second-order valence-electron chi connectivity index (χ2n) is 4.30. The van der Waals surface area contributed by atoms with Gasteiger partial charge in [-0.1, -0.05) is 0 Å². The summed E-state index contributed by atoms with van der Waals surface area (Å²) in [5, 5.41) is 0. The van der Waals surface area contributed by atoms with Crippen molar-refractivity contribution in [2.45, 2.75) is 19.3 Å². The molecule has 1 aromatic rings. The van der Waals surface area contributed by atoms with Crippen molar-refractivity contribution in [2.24, 2.45) is 11.7 Å². The van der Waals surface area contributed by atoms with E-state index < -0.39 is 0 Å². The van der Waals surface area contributed by atoms with E-state index in [1.54, 1.807) is 12.4 Å². The van der Waals surface area contributed by atoms with Gasteiger partial charge in [-0.25, -0.2) is 9.97 Å². The fraction of sp³-hybridized carbons (Fsp3) is 0.545. The van der Waals surface area contributed by atoms with Crippen molar-refractivity contribution in [1.29, 1.82) is 0 Å². The predicted octanol–water partition coefficient (Wildman–Crippen LogP) is 1.33. The molecule has 1 fully saturated rings. The highest BCUT2D eigenvalue weighted by molar-refractivity contribution is 9.10. The molecule has 92 valence electrons. The molecule has 0 aliphatic carbocycles. The van der Waals surface area contributed by atoms with Crippen molar-refractivity contribution < 1.29 is 4.79 Å². The largest absolute Gasteiger partial charge is 0.370 e. The molecule has 0 spiro atoms. The van der Waals surface area contributed by atoms with Crippen LogP contribution >= 0.6 is 15.9 Å². The van der Waals surface area contributed by atoms with Gasteiger partial charge in [-0.2, -0.15) is 0 Å². The molecule has 2 heterocycles. The number of halogens is 1. The molecule has 2 rings (SSSR count). The Kier molecular flexibility index (Phi) is 3.93. The molecule has 0 unspecified atom stereocenters. The molecule has 0 saturated carbocycles. The van der Waals surface area contributed by atoms with Crippen molar-refractivity contribution in [2.75, 3.05) is 18.0 Å². The number of piperidine rings is 1. The molecular formula is C11H15BrN4O. The molecule has 17 heavy (non-hydrogen) atoms. The zero-order chi connectivity index (χ0) is 12.3. The summed E-state index contributed by atoms with van der Waals surface area (Å²) in [6.45, 7) is 1.78. The summed E-state index contributed by atoms with van der Waals surface area (Å²) in [7, 11) is 0. The average molecular weight is 299 g/mol. The summed E-state index contributed by atoms with van der Waals surface area (Å²) in [5.74, 6) is 0.966. The third-order valence-corrected chi connectivity index (χ3v) is 3.40. The summed E-state index contributed by atoms with van der Waals surface area (Å²) in [6.07, 6.45) is 5.94. The minimum Gasteiger partial charge on any atom is -0.370 e. The number of primary amides is 1. The molecule has 0 bridgehead atoms. The van der Waals surface area contributed by atoms with Gasteiger partial charge < -0.3 is 10.6 Å². The Balaban J connectivity index is 1.90. The number of hydrogen-bond acceptors (Lipinski definition) is 4. The van der Waals surface area contributed by atoms with Crippen molar-refractivity contribution in [3.8, 4) is 0 Å². The molecule has 1 aliphatic rings. The second kappa shape index (κ2) is 5.44. The highest BCUT2D eigenvalue weighted by Gasteiger charge is 2.21. The van der Waals surface area contributed by atoms with Crippen molar-refractivity contribution in [3.05, 3.63) is 16.9 Å². The maximum Gasteiger partial charge on any atom is 0.225 e. The Hall–Kier alpha value is -1.17. The zero-order valence-corrected chi connectivity index (χ0v) is 11.1. The molecule has 0 aromatic carbocycles. The van der Waals surface area contributed by atoms with Gasteiger partial charge in [0.05, 0.1) is 4.47 Å². The molecule has 6 heteroatoms. The number of aromatic nitrogens is 2. The Labute approximate surface area is 109 Å². The third kappa shape index (κ3) is 3.39. The van der Waals surface area contributed by atoms with Crippen LogP contribution in [-0.2, 0) is 4.79 Å². The highest BCUT2D eigenvalue weighted by Crippen LogP contribution is 2.23. The first-order chi connectivity index (χ1) is 8.15. The van der Waals surface area contributed by atoms with E-state index in [-0.39, 0.29) is 5.91 Å². The monoisotopic (exact) mass is 298 g/mol. The number of nitrogens with two attached hydrogens (primary N) is 1. The van der Waals surface area contributed by atoms with Gasteiger partial charge in [0.2, 0.25) is 11.9 Å². The molecule has 5 nitrogen and oxygen atoms in total. The maximum atomic E-state index is 10.8. The van der Waals surface area contributed by atoms with Crippen molar-refractivity contribution in [3.63, 3.8) is 0 Å². The molecule has 0 atom stereocenters. The smallest absolute Gasteiger partial charge is 0.225 e. The number of anilines is 1. The normalized spacial score (nSPS) is 17.1. The van der Waals surface area contributed by atoms with Crippen molar-refractivity contribution in [1.82, 2.24) is 9.97 Å². The second-order valence-corrected chi connectivity index (χ2v) is 5.22. The van der Waals surface area contributed by atoms with E-state index in [2.05, 4.69) is 30.8 Å². The van der Waals surface area contributed by atoms with E-state index in [4.69, 9.17) is 5.73 Å². The van der Waals surface area contributed by atoms with Crippen LogP contribution in [0.25, 0.3) is 0 Å². The van der Waals surface area contributed by atoms with Gasteiger partial charge in [0.15, 0.2) is 0 Å². The van der Waals surface area contributed by atoms with Gasteiger partial charge in [0.1, 0.15) is 0 Å². The first-order valence-electron chi connectivity index (χ1n) is 5.66. The lowest BCUT2D eigenvalue weighted by molar-refractivity contribution is -0.119. The van der Waals surface area contributed by atoms with Crippen molar-refractivity contribution >= 4 is 27.8 Å². The van der Waals surface area contributed by atoms with Gasteiger partial charge in [0, 0.05) is 31.9 Å². The SMILES string of the molecule is NC(=O)CC1CCN(c2ncc(Br)cn2)CC1. The van der Waals surface area contributed by atoms with Gasteiger partial charge in [-0.05, 0) is 34.7 Å². The number of amides is 1. The molecule has 1 aromatic heterocycles. The minimum atomic E-state index is -0.205. The fourth-order valence-electron chi connectivity index (χ4n) is 2.09. The lowest BCUT2D eigenvalue weighted by Crippen LogP contribution is -2.36. The molecule has 0 radical (unpaired) electrons. The van der Waals surface area contributed by atoms with E-state index in [0.29, 0.717) is 12.3 Å². The van der Waals surface area contributed by atoms with Crippen LogP contribution in [0.5, 0.6) is 0 Å². The first-order valence-corrected chi connectivity index (χ1v) is 6.45. The summed E-state index contributed by atoms with van der Waals surface area (Å²) in [5.41, 5.74) is 5.20. The molecule has 1 amide bonds. The van der Waals surface area contributed by atoms with Crippen LogP contribution in [0.15, 0.2) is 16.9 Å². The first kappa shape index (κ1) is 12.3. The Bertz CT molecular complexity index is 387. The molecule has 1 saturated heterocycles. The van der Waals surface area contributed by atoms with E-state index >= 15 is 0 Å². The van der Waals surface area contributed by atoms with E-state index in [0.717, 1.165) is 36.4 Å². The summed E-state index contributed by atoms with van der Waals surface area (Å²) >= 11 is 3.31. The molecule has 1 aliphatic heterocycles. The number of nitrogens with zero attached hydrogens (tertiary/aromatic N) is 3. The lowest BCUT2D eigenvalue weighted by Gasteiger charge is -2.31. The van der Waals surface area contributed by atoms with Crippen LogP contribution in [0.4, 0.5) is 5.95 Å². The summed E-state index contributed by atoms with van der Waals surface area (Å²) < 4.78 is 0.880. The number of carbonyl (C=O) groups is 1. The summed E-state index contributed by atoms with van der Waals surface area (Å²) in [4.78, 5) is 21.5. The van der Waals surface area contributed by atoms with Gasteiger partial charge in [0.25, 0.3) is 0 Å². The number of rotatable bonds is 3. The van der Waals surface area contributed by atoms with Crippen LogP contribution in [0.3, 0.4) is 0 Å². The Morgan fingerprint density at radius 1 is 1.41 bits per heavy atom. The van der Waals surface area contributed by atoms with E-state index in [1.165, 1.54) is 0 Å². The zero-order valence-electron chi connectivity index (χ0n) is 9.47. The number of hydrogen-bond donors (Lipinski definition) is 1. The average Bonchev–Trinajstić information content (AvgIpc) is 2.30. The quantitative estimate of drug-likeness (QED) is 0.914. The Morgan fingerprint density at radius 3 is 2.53 bits per heavy atom. The fourth-order valence-corrected chi connectivity index (χ4v) is 2.30. The minimum absolute atomic E-state index is 0.205.